The lowest BCUT2D eigenvalue weighted by atomic mass is 9.77. The van der Waals surface area contributed by atoms with E-state index in [4.69, 9.17) is 14.5 Å². The van der Waals surface area contributed by atoms with Gasteiger partial charge in [-0.2, -0.15) is 0 Å². The normalized spacial score (nSPS) is 34.5. The number of carbonyl (C=O) groups excluding carboxylic acids is 4. The fourth-order valence-corrected chi connectivity index (χ4v) is 11.5. The zero-order chi connectivity index (χ0) is 42.4. The van der Waals surface area contributed by atoms with E-state index in [-0.39, 0.29) is 36.4 Å². The average Bonchev–Trinajstić information content (AvgIpc) is 4.10. The Labute approximate surface area is 343 Å². The first-order chi connectivity index (χ1) is 27.7. The minimum atomic E-state index is -4.21. The van der Waals surface area contributed by atoms with Crippen molar-refractivity contribution in [2.45, 2.75) is 141 Å². The van der Waals surface area contributed by atoms with Crippen molar-refractivity contribution in [1.29, 1.82) is 0 Å². The van der Waals surface area contributed by atoms with Gasteiger partial charge in [-0.05, 0) is 93.6 Å². The fraction of sp³-hybridized carbons (Fsp3) is 0.721. The molecule has 2 aliphatic heterocycles. The molecule has 8 rings (SSSR count). The summed E-state index contributed by atoms with van der Waals surface area (Å²) in [5.41, 5.74) is -1.54. The lowest BCUT2D eigenvalue weighted by molar-refractivity contribution is -0.158. The zero-order valence-corrected chi connectivity index (χ0v) is 35.2. The molecule has 59 heavy (non-hydrogen) atoms. The number of fused-ring (bicyclic) bond motifs is 7. The molecule has 1 N–H and O–H groups in total. The van der Waals surface area contributed by atoms with Gasteiger partial charge in [0.05, 0.1) is 46.1 Å². The molecule has 16 heteroatoms. The number of hydrogen-bond donors (Lipinski definition) is 1. The maximum absolute atomic E-state index is 14.9. The minimum Gasteiger partial charge on any atom is -0.471 e. The number of halogens is 3. The number of alkyl halides is 2. The third-order valence-corrected chi connectivity index (χ3v) is 16.7. The van der Waals surface area contributed by atoms with Crippen LogP contribution in [0.25, 0.3) is 11.0 Å². The number of benzene rings is 1. The van der Waals surface area contributed by atoms with Crippen molar-refractivity contribution >= 4 is 44.6 Å². The van der Waals surface area contributed by atoms with E-state index >= 15 is 0 Å². The SMILES string of the molecule is C[C@@H]1[C@@H]2CN(C(=O)[C@H](C(C)(C)C)CC(=O)O[C@@H]3C[C@@H]4C[C@@H]4[C@H]3CCCCCc3nc4ccc(F)cc4nc3O2)[C@@H]1C(=O)C[C@]1(C(=O)NS(=O)(=O)C2(C)CC2)C[C@H]1C(F)F. The third-order valence-electron chi connectivity index (χ3n) is 14.5. The van der Waals surface area contributed by atoms with Crippen molar-refractivity contribution in [1.82, 2.24) is 19.6 Å². The third kappa shape index (κ3) is 7.95. The molecule has 2 bridgehead atoms. The standard InChI is InChI=1S/C43H55F3N4O8S/c1-22-34-21-50(36(22)32(51)20-43(19-28(43)37(45)46)40(54)49-59(55,56)42(5)13-14-42)39(53)27(41(2,3)4)18-35(52)57-33-16-23-15-26(23)25(33)9-7-6-8-10-30-38(58-34)48-31-17-24(44)11-12-29(31)47-30/h11-12,17,22-23,25-28,33-34,36-37H,6-10,13-16,18-21H2,1-5H3,(H,49,54)/t22-,23+,25-,26+,27-,28+,33-,34+,36+,43-/m1/s1. The van der Waals surface area contributed by atoms with Gasteiger partial charge in [0.1, 0.15) is 23.7 Å². The summed E-state index contributed by atoms with van der Waals surface area (Å²) >= 11 is 0. The molecule has 12 nitrogen and oxygen atoms in total. The van der Waals surface area contributed by atoms with Crippen LogP contribution in [0.1, 0.15) is 111 Å². The maximum Gasteiger partial charge on any atom is 0.306 e. The number of ether oxygens (including phenoxy) is 2. The molecule has 0 unspecified atom stereocenters. The van der Waals surface area contributed by atoms with E-state index in [0.29, 0.717) is 42.3 Å². The molecule has 0 spiro atoms. The smallest absolute Gasteiger partial charge is 0.306 e. The maximum atomic E-state index is 14.9. The lowest BCUT2D eigenvalue weighted by Gasteiger charge is -2.35. The molecular formula is C43H55F3N4O8S. The van der Waals surface area contributed by atoms with Crippen LogP contribution >= 0.6 is 0 Å². The molecule has 2 aromatic rings. The number of ketones is 1. The van der Waals surface area contributed by atoms with Crippen molar-refractivity contribution in [3.05, 3.63) is 29.7 Å². The average molecular weight is 845 g/mol. The van der Waals surface area contributed by atoms with E-state index in [0.717, 1.165) is 38.5 Å². The first-order valence-corrected chi connectivity index (χ1v) is 22.7. The number of nitrogens with one attached hydrogen (secondary N) is 1. The highest BCUT2D eigenvalue weighted by molar-refractivity contribution is 7.91. The van der Waals surface area contributed by atoms with Crippen LogP contribution in [0.3, 0.4) is 0 Å². The Morgan fingerprint density at radius 1 is 1.02 bits per heavy atom. The molecule has 5 fully saturated rings. The number of nitrogens with zero attached hydrogens (tertiary/aromatic N) is 3. The van der Waals surface area contributed by atoms with Gasteiger partial charge in [0.25, 0.3) is 0 Å². The predicted octanol–water partition coefficient (Wildman–Crippen LogP) is 6.33. The monoisotopic (exact) mass is 844 g/mol. The molecular weight excluding hydrogens is 790 g/mol. The van der Waals surface area contributed by atoms with Crippen LogP contribution in [-0.4, -0.2) is 82.8 Å². The van der Waals surface area contributed by atoms with E-state index in [1.54, 1.807) is 13.0 Å². The first kappa shape index (κ1) is 41.9. The molecule has 1 saturated heterocycles. The summed E-state index contributed by atoms with van der Waals surface area (Å²) in [6, 6.07) is 2.80. The van der Waals surface area contributed by atoms with Crippen molar-refractivity contribution in [2.24, 2.45) is 46.3 Å². The fourth-order valence-electron chi connectivity index (χ4n) is 10.2. The number of Topliss-reactive ketones (excluding diaryl/α,β-unsaturated/α-hetero) is 1. The first-order valence-electron chi connectivity index (χ1n) is 21.2. The van der Waals surface area contributed by atoms with Crippen LogP contribution in [0.2, 0.25) is 0 Å². The number of sulfonamides is 1. The number of esters is 1. The van der Waals surface area contributed by atoms with E-state index < -0.39 is 104 Å². The van der Waals surface area contributed by atoms with Gasteiger partial charge >= 0.3 is 5.97 Å². The quantitative estimate of drug-likeness (QED) is 0.312. The highest BCUT2D eigenvalue weighted by Gasteiger charge is 2.67. The number of amides is 2. The van der Waals surface area contributed by atoms with Gasteiger partial charge < -0.3 is 14.4 Å². The summed E-state index contributed by atoms with van der Waals surface area (Å²) in [6.45, 7) is 8.46. The molecule has 2 amide bonds. The second-order valence-electron chi connectivity index (χ2n) is 19.7. The Morgan fingerprint density at radius 2 is 1.76 bits per heavy atom. The van der Waals surface area contributed by atoms with Crippen molar-refractivity contribution in [3.63, 3.8) is 0 Å². The molecule has 3 heterocycles. The second-order valence-corrected chi connectivity index (χ2v) is 21.9. The van der Waals surface area contributed by atoms with Crippen molar-refractivity contribution < 1.29 is 50.2 Å². The Hall–Kier alpha value is -3.82. The lowest BCUT2D eigenvalue weighted by Crippen LogP contribution is -2.50. The zero-order valence-electron chi connectivity index (χ0n) is 34.3. The summed E-state index contributed by atoms with van der Waals surface area (Å²) in [7, 11) is -4.21. The van der Waals surface area contributed by atoms with E-state index in [2.05, 4.69) is 4.98 Å². The van der Waals surface area contributed by atoms with Crippen LogP contribution in [0.5, 0.6) is 5.88 Å². The van der Waals surface area contributed by atoms with Gasteiger partial charge in [0.2, 0.25) is 34.1 Å². The Kier molecular flexibility index (Phi) is 10.6. The topological polar surface area (TPSA) is 162 Å². The van der Waals surface area contributed by atoms with Gasteiger partial charge in [0, 0.05) is 24.3 Å². The predicted molar refractivity (Wildman–Crippen MR) is 209 cm³/mol. The summed E-state index contributed by atoms with van der Waals surface area (Å²) in [5, 5.41) is 0. The Bertz CT molecular complexity index is 2160. The minimum absolute atomic E-state index is 0.128. The van der Waals surface area contributed by atoms with Crippen LogP contribution in [-0.2, 0) is 40.4 Å². The van der Waals surface area contributed by atoms with Crippen LogP contribution in [0.15, 0.2) is 18.2 Å². The molecule has 4 saturated carbocycles. The summed E-state index contributed by atoms with van der Waals surface area (Å²) in [6.07, 6.45) is 0.914. The largest absolute Gasteiger partial charge is 0.471 e. The van der Waals surface area contributed by atoms with Gasteiger partial charge in [0.15, 0.2) is 5.78 Å². The molecule has 1 aromatic heterocycles. The molecule has 1 aromatic carbocycles. The van der Waals surface area contributed by atoms with Crippen LogP contribution < -0.4 is 9.46 Å². The van der Waals surface area contributed by atoms with Gasteiger partial charge in [-0.25, -0.2) is 31.6 Å². The van der Waals surface area contributed by atoms with Gasteiger partial charge in [-0.1, -0.05) is 40.5 Å². The molecule has 322 valence electrons. The number of aryl methyl sites for hydroxylation is 1. The number of aromatic nitrogens is 2. The second kappa shape index (κ2) is 15.0. The number of rotatable bonds is 7. The van der Waals surface area contributed by atoms with Crippen molar-refractivity contribution in [2.75, 3.05) is 6.54 Å². The number of hydrogen-bond acceptors (Lipinski definition) is 10. The summed E-state index contributed by atoms with van der Waals surface area (Å²) in [4.78, 5) is 68.0. The highest BCUT2D eigenvalue weighted by atomic mass is 32.2. The van der Waals surface area contributed by atoms with Crippen LogP contribution in [0.4, 0.5) is 13.2 Å². The summed E-state index contributed by atoms with van der Waals surface area (Å²) in [5.74, 6) is -5.32. The Balaban J connectivity index is 1.15. The molecule has 0 radical (unpaired) electrons. The highest BCUT2D eigenvalue weighted by Crippen LogP contribution is 2.60. The number of carbonyl (C=O) groups is 4. The van der Waals surface area contributed by atoms with Crippen molar-refractivity contribution in [3.8, 4) is 5.88 Å². The van der Waals surface area contributed by atoms with E-state index in [1.807, 2.05) is 25.5 Å². The Morgan fingerprint density at radius 3 is 2.44 bits per heavy atom. The van der Waals surface area contributed by atoms with Gasteiger partial charge in [-0.3, -0.25) is 23.9 Å². The molecule has 6 aliphatic rings. The van der Waals surface area contributed by atoms with Gasteiger partial charge in [-0.15, -0.1) is 0 Å². The van der Waals surface area contributed by atoms with E-state index in [1.165, 1.54) is 24.0 Å². The van der Waals surface area contributed by atoms with Crippen LogP contribution in [0, 0.1) is 52.2 Å². The molecule has 4 aliphatic carbocycles. The molecule has 10 atom stereocenters. The summed E-state index contributed by atoms with van der Waals surface area (Å²) < 4.78 is 82.9. The van der Waals surface area contributed by atoms with E-state index in [9.17, 15) is 40.8 Å².